The normalized spacial score (nSPS) is 11.9. The van der Waals surface area contributed by atoms with Crippen molar-refractivity contribution in [1.82, 2.24) is 10.2 Å². The fourth-order valence-electron chi connectivity index (χ4n) is 3.57. The van der Waals surface area contributed by atoms with Gasteiger partial charge in [0.15, 0.2) is 0 Å². The number of ether oxygens (including phenoxy) is 1. The van der Waals surface area contributed by atoms with Crippen molar-refractivity contribution in [3.8, 4) is 5.75 Å². The van der Waals surface area contributed by atoms with Crippen LogP contribution in [0.15, 0.2) is 88.2 Å². The minimum absolute atomic E-state index is 0.0485. The van der Waals surface area contributed by atoms with Crippen molar-refractivity contribution >= 4 is 43.5 Å². The molecule has 0 bridgehead atoms. The first kappa shape index (κ1) is 27.2. The zero-order valence-electron chi connectivity index (χ0n) is 20.2. The van der Waals surface area contributed by atoms with E-state index in [-0.39, 0.29) is 17.3 Å². The van der Waals surface area contributed by atoms with E-state index in [1.54, 1.807) is 49.4 Å². The molecular weight excluding hydrogens is 546 g/mol. The number of carbonyl (C=O) groups excluding carboxylic acids is 2. The van der Waals surface area contributed by atoms with Crippen molar-refractivity contribution in [3.63, 3.8) is 0 Å². The highest BCUT2D eigenvalue weighted by atomic mass is 79.9. The smallest absolute Gasteiger partial charge is 0.264 e. The molecule has 1 atom stereocenters. The third kappa shape index (κ3) is 6.44. The highest BCUT2D eigenvalue weighted by molar-refractivity contribution is 9.10. The summed E-state index contributed by atoms with van der Waals surface area (Å²) in [6.45, 7) is 1.24. The Hall–Kier alpha value is -3.37. The molecule has 1 unspecified atom stereocenters. The molecular formula is C26H28BrN3O5S. The molecule has 1 N–H and O–H groups in total. The molecule has 0 aliphatic rings. The molecule has 3 rings (SSSR count). The van der Waals surface area contributed by atoms with Gasteiger partial charge >= 0.3 is 0 Å². The number of halogens is 1. The van der Waals surface area contributed by atoms with E-state index in [0.29, 0.717) is 11.4 Å². The molecule has 0 heterocycles. The molecule has 0 aromatic heterocycles. The van der Waals surface area contributed by atoms with Crippen LogP contribution >= 0.6 is 15.9 Å². The van der Waals surface area contributed by atoms with Crippen molar-refractivity contribution in [2.45, 2.75) is 24.4 Å². The van der Waals surface area contributed by atoms with E-state index in [1.165, 1.54) is 31.2 Å². The average Bonchev–Trinajstić information content (AvgIpc) is 2.90. The molecule has 0 spiro atoms. The fourth-order valence-corrected chi connectivity index (χ4v) is 5.27. The van der Waals surface area contributed by atoms with Gasteiger partial charge in [-0.15, -0.1) is 0 Å². The molecule has 0 saturated carbocycles. The lowest BCUT2D eigenvalue weighted by Gasteiger charge is -2.31. The van der Waals surface area contributed by atoms with Gasteiger partial charge in [-0.25, -0.2) is 8.42 Å². The van der Waals surface area contributed by atoms with Crippen molar-refractivity contribution < 1.29 is 22.7 Å². The van der Waals surface area contributed by atoms with Crippen LogP contribution in [-0.2, 0) is 26.2 Å². The van der Waals surface area contributed by atoms with E-state index in [2.05, 4.69) is 21.2 Å². The molecule has 0 aliphatic carbocycles. The minimum Gasteiger partial charge on any atom is -0.497 e. The standard InChI is InChI=1S/C26H28BrN3O5S/c1-19(26(32)28-2)29(17-20-9-11-21(27)12-10-20)25(31)18-30(22-13-15-23(35-3)16-14-22)36(33,34)24-7-5-4-6-8-24/h4-16,19H,17-18H2,1-3H3,(H,28,32). The monoisotopic (exact) mass is 573 g/mol. The highest BCUT2D eigenvalue weighted by Gasteiger charge is 2.32. The average molecular weight is 574 g/mol. The molecule has 190 valence electrons. The first-order chi connectivity index (χ1) is 17.2. The summed E-state index contributed by atoms with van der Waals surface area (Å²) in [5.41, 5.74) is 1.09. The van der Waals surface area contributed by atoms with Crippen molar-refractivity contribution in [2.75, 3.05) is 25.0 Å². The van der Waals surface area contributed by atoms with Crippen LogP contribution in [0.25, 0.3) is 0 Å². The van der Waals surface area contributed by atoms with Gasteiger partial charge in [0, 0.05) is 18.1 Å². The number of nitrogens with one attached hydrogen (secondary N) is 1. The molecule has 3 aromatic carbocycles. The Bertz CT molecular complexity index is 1280. The van der Waals surface area contributed by atoms with Gasteiger partial charge in [0.2, 0.25) is 11.8 Å². The summed E-state index contributed by atoms with van der Waals surface area (Å²) in [6.07, 6.45) is 0. The number of amides is 2. The van der Waals surface area contributed by atoms with E-state index < -0.39 is 28.5 Å². The Morgan fingerprint density at radius 1 is 0.972 bits per heavy atom. The lowest BCUT2D eigenvalue weighted by atomic mass is 10.1. The third-order valence-corrected chi connectivity index (χ3v) is 7.97. The topological polar surface area (TPSA) is 96.0 Å². The van der Waals surface area contributed by atoms with Crippen LogP contribution in [0.1, 0.15) is 12.5 Å². The summed E-state index contributed by atoms with van der Waals surface area (Å²) in [6, 6.07) is 20.8. The Morgan fingerprint density at radius 2 is 1.58 bits per heavy atom. The number of sulfonamides is 1. The highest BCUT2D eigenvalue weighted by Crippen LogP contribution is 2.26. The Kier molecular flexibility index (Phi) is 9.11. The van der Waals surface area contributed by atoms with Crippen molar-refractivity contribution in [3.05, 3.63) is 88.9 Å². The zero-order chi connectivity index (χ0) is 26.3. The summed E-state index contributed by atoms with van der Waals surface area (Å²) in [5.74, 6) is -0.334. The van der Waals surface area contributed by atoms with E-state index in [1.807, 2.05) is 24.3 Å². The van der Waals surface area contributed by atoms with Crippen molar-refractivity contribution in [2.24, 2.45) is 0 Å². The maximum atomic E-state index is 13.7. The number of hydrogen-bond donors (Lipinski definition) is 1. The molecule has 8 nitrogen and oxygen atoms in total. The van der Waals surface area contributed by atoms with E-state index in [0.717, 1.165) is 14.3 Å². The number of benzene rings is 3. The van der Waals surface area contributed by atoms with Gasteiger partial charge in [-0.2, -0.15) is 0 Å². The number of likely N-dealkylation sites (N-methyl/N-ethyl adjacent to an activating group) is 1. The fraction of sp³-hybridized carbons (Fsp3) is 0.231. The summed E-state index contributed by atoms with van der Waals surface area (Å²) < 4.78 is 34.4. The number of nitrogens with zero attached hydrogens (tertiary/aromatic N) is 2. The summed E-state index contributed by atoms with van der Waals surface area (Å²) in [4.78, 5) is 27.6. The summed E-state index contributed by atoms with van der Waals surface area (Å²) in [5, 5.41) is 2.56. The zero-order valence-corrected chi connectivity index (χ0v) is 22.6. The number of rotatable bonds is 10. The molecule has 36 heavy (non-hydrogen) atoms. The molecule has 0 radical (unpaired) electrons. The SMILES string of the molecule is CNC(=O)C(C)N(Cc1ccc(Br)cc1)C(=O)CN(c1ccc(OC)cc1)S(=O)(=O)c1ccccc1. The van der Waals surface area contributed by atoms with Crippen LogP contribution in [0.5, 0.6) is 5.75 Å². The lowest BCUT2D eigenvalue weighted by molar-refractivity contribution is -0.139. The van der Waals surface area contributed by atoms with Crippen LogP contribution in [0.3, 0.4) is 0 Å². The van der Waals surface area contributed by atoms with Crippen LogP contribution in [0.4, 0.5) is 5.69 Å². The van der Waals surface area contributed by atoms with Gasteiger partial charge in [-0.1, -0.05) is 46.3 Å². The number of anilines is 1. The number of carbonyl (C=O) groups is 2. The van der Waals surface area contributed by atoms with Gasteiger partial charge in [0.1, 0.15) is 18.3 Å². The molecule has 2 amide bonds. The predicted molar refractivity (Wildman–Crippen MR) is 142 cm³/mol. The van der Waals surface area contributed by atoms with Crippen molar-refractivity contribution in [1.29, 1.82) is 0 Å². The first-order valence-electron chi connectivity index (χ1n) is 11.1. The maximum absolute atomic E-state index is 13.7. The van der Waals surface area contributed by atoms with Gasteiger partial charge in [-0.3, -0.25) is 13.9 Å². The Balaban J connectivity index is 2.01. The third-order valence-electron chi connectivity index (χ3n) is 5.65. The maximum Gasteiger partial charge on any atom is 0.264 e. The van der Waals surface area contributed by atoms with E-state index in [4.69, 9.17) is 4.74 Å². The lowest BCUT2D eigenvalue weighted by Crippen LogP contribution is -2.50. The molecule has 3 aromatic rings. The molecule has 0 aliphatic heterocycles. The number of methoxy groups -OCH3 is 1. The largest absolute Gasteiger partial charge is 0.497 e. The van der Waals surface area contributed by atoms with Gasteiger partial charge in [0.05, 0.1) is 17.7 Å². The quantitative estimate of drug-likeness (QED) is 0.398. The number of hydrogen-bond acceptors (Lipinski definition) is 5. The predicted octanol–water partition coefficient (Wildman–Crippen LogP) is 3.82. The summed E-state index contributed by atoms with van der Waals surface area (Å²) in [7, 11) is -1.09. The second-order valence-corrected chi connectivity index (χ2v) is 10.7. The van der Waals surface area contributed by atoms with E-state index in [9.17, 15) is 18.0 Å². The first-order valence-corrected chi connectivity index (χ1v) is 13.4. The van der Waals surface area contributed by atoms with Gasteiger partial charge < -0.3 is 15.0 Å². The Morgan fingerprint density at radius 3 is 2.14 bits per heavy atom. The second kappa shape index (κ2) is 12.0. The van der Waals surface area contributed by atoms with Crippen LogP contribution in [-0.4, -0.2) is 51.9 Å². The van der Waals surface area contributed by atoms with Crippen LogP contribution < -0.4 is 14.4 Å². The molecule has 0 fully saturated rings. The van der Waals surface area contributed by atoms with Gasteiger partial charge in [-0.05, 0) is 61.0 Å². The van der Waals surface area contributed by atoms with Crippen LogP contribution in [0.2, 0.25) is 0 Å². The second-order valence-electron chi connectivity index (χ2n) is 7.96. The molecule has 10 heteroatoms. The Labute approximate surface area is 220 Å². The van der Waals surface area contributed by atoms with Crippen LogP contribution in [0, 0.1) is 0 Å². The molecule has 0 saturated heterocycles. The minimum atomic E-state index is -4.09. The van der Waals surface area contributed by atoms with E-state index >= 15 is 0 Å². The van der Waals surface area contributed by atoms with Gasteiger partial charge in [0.25, 0.3) is 10.0 Å². The summed E-state index contributed by atoms with van der Waals surface area (Å²) >= 11 is 3.39.